The Bertz CT molecular complexity index is 1440. The molecule has 1 aliphatic heterocycles. The number of morpholine rings is 1. The molecule has 0 bridgehead atoms. The summed E-state index contributed by atoms with van der Waals surface area (Å²) in [6.45, 7) is 8.10. The van der Waals surface area contributed by atoms with Gasteiger partial charge in [0.2, 0.25) is 5.88 Å². The smallest absolute Gasteiger partial charge is 0.336 e. The van der Waals surface area contributed by atoms with Gasteiger partial charge in [-0.25, -0.2) is 9.78 Å². The Morgan fingerprint density at radius 3 is 2.91 bits per heavy atom. The van der Waals surface area contributed by atoms with Crippen LogP contribution in [0.5, 0.6) is 11.6 Å². The van der Waals surface area contributed by atoms with Gasteiger partial charge in [-0.2, -0.15) is 4.98 Å². The number of benzene rings is 1. The van der Waals surface area contributed by atoms with E-state index in [4.69, 9.17) is 23.9 Å². The minimum absolute atomic E-state index is 0.361. The second-order valence-corrected chi connectivity index (χ2v) is 10.5. The van der Waals surface area contributed by atoms with Crippen molar-refractivity contribution >= 4 is 32.5 Å². The number of hydrogen-bond acceptors (Lipinski definition) is 8. The van der Waals surface area contributed by atoms with Gasteiger partial charge in [0.25, 0.3) is 0 Å². The number of ether oxygens (including phenoxy) is 2. The highest BCUT2D eigenvalue weighted by Crippen LogP contribution is 2.42. The summed E-state index contributed by atoms with van der Waals surface area (Å²) in [5.41, 5.74) is 2.37. The van der Waals surface area contributed by atoms with Gasteiger partial charge < -0.3 is 13.9 Å². The number of rotatable bonds is 4. The van der Waals surface area contributed by atoms with Crippen molar-refractivity contribution < 1.29 is 13.9 Å². The summed E-state index contributed by atoms with van der Waals surface area (Å²) in [5, 5.41) is 1.93. The van der Waals surface area contributed by atoms with Crippen LogP contribution in [0.15, 0.2) is 33.5 Å². The molecule has 1 saturated heterocycles. The van der Waals surface area contributed by atoms with E-state index in [-0.39, 0.29) is 5.63 Å². The van der Waals surface area contributed by atoms with Gasteiger partial charge in [-0.15, -0.1) is 11.3 Å². The van der Waals surface area contributed by atoms with Gasteiger partial charge in [-0.1, -0.05) is 6.92 Å². The van der Waals surface area contributed by atoms with Crippen LogP contribution in [0.3, 0.4) is 0 Å². The SMILES string of the molecule is Cc1cc(=O)oc2cc(Oc3nc(CN4CCOCC4)nc4sc5c(c34)CC[C@H](C)C5)ccc12. The molecule has 1 aliphatic carbocycles. The normalized spacial score (nSPS) is 18.9. The van der Waals surface area contributed by atoms with Crippen LogP contribution in [0.25, 0.3) is 21.2 Å². The van der Waals surface area contributed by atoms with Gasteiger partial charge >= 0.3 is 5.63 Å². The first-order valence-corrected chi connectivity index (χ1v) is 12.7. The zero-order valence-corrected chi connectivity index (χ0v) is 20.2. The fourth-order valence-electron chi connectivity index (χ4n) is 4.94. The lowest BCUT2D eigenvalue weighted by molar-refractivity contribution is 0.0330. The summed E-state index contributed by atoms with van der Waals surface area (Å²) in [7, 11) is 0. The van der Waals surface area contributed by atoms with Crippen molar-refractivity contribution in [2.24, 2.45) is 5.92 Å². The molecule has 1 atom stereocenters. The molecule has 0 unspecified atom stereocenters. The first-order chi connectivity index (χ1) is 16.5. The van der Waals surface area contributed by atoms with Crippen LogP contribution in [0.4, 0.5) is 0 Å². The van der Waals surface area contributed by atoms with Gasteiger partial charge in [-0.05, 0) is 55.4 Å². The lowest BCUT2D eigenvalue weighted by atomic mass is 9.89. The zero-order valence-electron chi connectivity index (χ0n) is 19.4. The van der Waals surface area contributed by atoms with Crippen LogP contribution in [0.2, 0.25) is 0 Å². The molecule has 0 spiro atoms. The Kier molecular flexibility index (Phi) is 5.59. The molecule has 0 N–H and O–H groups in total. The molecular weight excluding hydrogens is 450 g/mol. The molecule has 0 saturated carbocycles. The second kappa shape index (κ2) is 8.76. The minimum Gasteiger partial charge on any atom is -0.438 e. The highest BCUT2D eigenvalue weighted by molar-refractivity contribution is 7.18. The molecule has 6 rings (SSSR count). The van der Waals surface area contributed by atoms with Crippen molar-refractivity contribution in [3.8, 4) is 11.6 Å². The van der Waals surface area contributed by atoms with E-state index in [0.717, 1.165) is 72.6 Å². The third-order valence-corrected chi connectivity index (χ3v) is 7.92. The molecule has 3 aromatic heterocycles. The van der Waals surface area contributed by atoms with Crippen LogP contribution in [-0.2, 0) is 24.1 Å². The summed E-state index contributed by atoms with van der Waals surface area (Å²) in [6, 6.07) is 7.13. The predicted octanol–water partition coefficient (Wildman–Crippen LogP) is 4.86. The van der Waals surface area contributed by atoms with Crippen molar-refractivity contribution in [1.29, 1.82) is 0 Å². The molecule has 4 aromatic rings. The van der Waals surface area contributed by atoms with Gasteiger partial charge in [0.15, 0.2) is 0 Å². The number of thiophene rings is 1. The Labute approximate surface area is 201 Å². The summed E-state index contributed by atoms with van der Waals surface area (Å²) in [6.07, 6.45) is 3.26. The Morgan fingerprint density at radius 1 is 1.21 bits per heavy atom. The van der Waals surface area contributed by atoms with Crippen molar-refractivity contribution in [3.05, 3.63) is 56.5 Å². The number of aryl methyl sites for hydroxylation is 2. The van der Waals surface area contributed by atoms with Crippen molar-refractivity contribution in [1.82, 2.24) is 14.9 Å². The quantitative estimate of drug-likeness (QED) is 0.389. The number of hydrogen-bond donors (Lipinski definition) is 0. The summed E-state index contributed by atoms with van der Waals surface area (Å²) < 4.78 is 17.3. The molecule has 2 aliphatic rings. The van der Waals surface area contributed by atoms with Crippen LogP contribution in [-0.4, -0.2) is 41.2 Å². The van der Waals surface area contributed by atoms with E-state index in [0.29, 0.717) is 29.7 Å². The van der Waals surface area contributed by atoms with Crippen LogP contribution in [0, 0.1) is 12.8 Å². The van der Waals surface area contributed by atoms with E-state index in [1.165, 1.54) is 16.5 Å². The van der Waals surface area contributed by atoms with Gasteiger partial charge in [0.05, 0.1) is 25.1 Å². The van der Waals surface area contributed by atoms with E-state index >= 15 is 0 Å². The molecule has 4 heterocycles. The molecule has 176 valence electrons. The average molecular weight is 478 g/mol. The molecule has 7 nitrogen and oxygen atoms in total. The minimum atomic E-state index is -0.361. The van der Waals surface area contributed by atoms with E-state index in [9.17, 15) is 4.79 Å². The summed E-state index contributed by atoms with van der Waals surface area (Å²) in [4.78, 5) is 26.5. The number of aromatic nitrogens is 2. The fourth-order valence-corrected chi connectivity index (χ4v) is 6.33. The lowest BCUT2D eigenvalue weighted by Gasteiger charge is -2.25. The molecule has 0 radical (unpaired) electrons. The van der Waals surface area contributed by atoms with Crippen LogP contribution in [0.1, 0.15) is 35.2 Å². The molecule has 1 aromatic carbocycles. The highest BCUT2D eigenvalue weighted by atomic mass is 32.1. The molecule has 34 heavy (non-hydrogen) atoms. The Hall–Kier alpha value is -2.81. The standard InChI is InChI=1S/C26H27N3O4S/c1-15-3-5-19-21(11-15)34-26-24(19)25(27-22(28-26)14-29-7-9-31-10-8-29)32-17-4-6-18-16(2)12-23(30)33-20(18)13-17/h4,6,12-13,15H,3,5,7-11,14H2,1-2H3/t15-/m0/s1. The molecule has 8 heteroatoms. The van der Waals surface area contributed by atoms with Gasteiger partial charge in [0.1, 0.15) is 22.0 Å². The van der Waals surface area contributed by atoms with Crippen molar-refractivity contribution in [3.63, 3.8) is 0 Å². The van der Waals surface area contributed by atoms with E-state index in [2.05, 4.69) is 11.8 Å². The molecule has 0 amide bonds. The maximum Gasteiger partial charge on any atom is 0.336 e. The average Bonchev–Trinajstić information content (AvgIpc) is 3.17. The first-order valence-electron chi connectivity index (χ1n) is 11.9. The van der Waals surface area contributed by atoms with E-state index in [1.807, 2.05) is 19.1 Å². The van der Waals surface area contributed by atoms with Crippen LogP contribution < -0.4 is 10.4 Å². The topological polar surface area (TPSA) is 77.7 Å². The van der Waals surface area contributed by atoms with Gasteiger partial charge in [0, 0.05) is 35.5 Å². The Morgan fingerprint density at radius 2 is 2.06 bits per heavy atom. The predicted molar refractivity (Wildman–Crippen MR) is 132 cm³/mol. The third-order valence-electron chi connectivity index (χ3n) is 6.77. The Balaban J connectivity index is 1.43. The highest BCUT2D eigenvalue weighted by Gasteiger charge is 2.25. The maximum atomic E-state index is 11.9. The van der Waals surface area contributed by atoms with E-state index < -0.39 is 0 Å². The van der Waals surface area contributed by atoms with Gasteiger partial charge in [-0.3, -0.25) is 4.90 Å². The summed E-state index contributed by atoms with van der Waals surface area (Å²) >= 11 is 1.78. The fraction of sp³-hybridized carbons (Fsp3) is 0.423. The second-order valence-electron chi connectivity index (χ2n) is 9.37. The summed E-state index contributed by atoms with van der Waals surface area (Å²) in [5.74, 6) is 2.63. The number of fused-ring (bicyclic) bond motifs is 4. The first kappa shape index (κ1) is 21.7. The monoisotopic (exact) mass is 477 g/mol. The lowest BCUT2D eigenvalue weighted by Crippen LogP contribution is -2.36. The molecular formula is C26H27N3O4S. The van der Waals surface area contributed by atoms with Crippen molar-refractivity contribution in [2.45, 2.75) is 39.7 Å². The van der Waals surface area contributed by atoms with E-state index in [1.54, 1.807) is 17.4 Å². The maximum absolute atomic E-state index is 11.9. The van der Waals surface area contributed by atoms with Crippen LogP contribution >= 0.6 is 11.3 Å². The van der Waals surface area contributed by atoms with Crippen molar-refractivity contribution in [2.75, 3.05) is 26.3 Å². The molecule has 1 fully saturated rings. The third kappa shape index (κ3) is 4.10. The zero-order chi connectivity index (χ0) is 23.2. The number of nitrogens with zero attached hydrogens (tertiary/aromatic N) is 3. The largest absolute Gasteiger partial charge is 0.438 e.